The Morgan fingerprint density at radius 3 is 2.56 bits per heavy atom. The fourth-order valence-electron chi connectivity index (χ4n) is 3.21. The molecule has 0 saturated carbocycles. The normalized spacial score (nSPS) is 22.9. The highest BCUT2D eigenvalue weighted by atomic mass is 16.6. The molecule has 25 heavy (non-hydrogen) atoms. The molecule has 2 fully saturated rings. The molecule has 2 aliphatic rings. The summed E-state index contributed by atoms with van der Waals surface area (Å²) in [5, 5.41) is 10.7. The van der Waals surface area contributed by atoms with Crippen LogP contribution in [0.4, 0.5) is 16.3 Å². The van der Waals surface area contributed by atoms with Crippen molar-refractivity contribution in [3.63, 3.8) is 0 Å². The van der Waals surface area contributed by atoms with Crippen LogP contribution in [-0.2, 0) is 9.53 Å². The quantitative estimate of drug-likeness (QED) is 0.596. The van der Waals surface area contributed by atoms with Gasteiger partial charge < -0.3 is 24.7 Å². The van der Waals surface area contributed by atoms with Gasteiger partial charge in [-0.2, -0.15) is 0 Å². The Labute approximate surface area is 144 Å². The molecule has 3 rings (SSSR count). The largest absolute Gasteiger partial charge is 0.444 e. The highest BCUT2D eigenvalue weighted by Crippen LogP contribution is 2.35. The first-order valence-corrected chi connectivity index (χ1v) is 8.05. The maximum atomic E-state index is 12.6. The minimum Gasteiger partial charge on any atom is -0.444 e. The Morgan fingerprint density at radius 2 is 2.04 bits per heavy atom. The van der Waals surface area contributed by atoms with Gasteiger partial charge in [-0.05, 0) is 36.7 Å². The number of hydrogen-bond donors (Lipinski definition) is 0. The van der Waals surface area contributed by atoms with E-state index in [1.165, 1.54) is 18.3 Å². The molecule has 9 heteroatoms. The summed E-state index contributed by atoms with van der Waals surface area (Å²) < 4.78 is 5.36. The molecule has 1 aromatic rings. The van der Waals surface area contributed by atoms with E-state index in [1.807, 2.05) is 0 Å². The van der Waals surface area contributed by atoms with Crippen LogP contribution in [0.5, 0.6) is 0 Å². The van der Waals surface area contributed by atoms with E-state index < -0.39 is 16.6 Å². The van der Waals surface area contributed by atoms with Crippen LogP contribution in [0.25, 0.3) is 0 Å². The number of hydrogen-bond acceptors (Lipinski definition) is 6. The van der Waals surface area contributed by atoms with E-state index in [-0.39, 0.29) is 23.6 Å². The number of nitro groups is 1. The van der Waals surface area contributed by atoms with Gasteiger partial charge >= 0.3 is 11.9 Å². The number of likely N-dealkylation sites (tertiary alicyclic amines) is 1. The number of ether oxygens (including phenoxy) is 1. The van der Waals surface area contributed by atoms with Crippen LogP contribution in [0.3, 0.4) is 0 Å². The maximum Gasteiger partial charge on any atom is 0.410 e. The summed E-state index contributed by atoms with van der Waals surface area (Å²) in [6.07, 6.45) is 0.932. The van der Waals surface area contributed by atoms with Crippen molar-refractivity contribution in [1.29, 1.82) is 0 Å². The van der Waals surface area contributed by atoms with Gasteiger partial charge in [-0.3, -0.25) is 4.79 Å². The zero-order chi connectivity index (χ0) is 18.4. The molecule has 0 N–H and O–H groups in total. The third kappa shape index (κ3) is 3.40. The topological polar surface area (TPSA) is 106 Å². The predicted molar refractivity (Wildman–Crippen MR) is 88.0 cm³/mol. The summed E-state index contributed by atoms with van der Waals surface area (Å²) in [5.74, 6) is -0.601. The number of carbonyl (C=O) groups excluding carboxylic acids is 2. The van der Waals surface area contributed by atoms with Crippen molar-refractivity contribution in [3.05, 3.63) is 28.4 Å². The number of aromatic nitrogens is 1. The molecule has 0 spiro atoms. The standard InChI is InChI=1S/C16H20N4O5/c1-16(2,3)25-15(22)18-7-10-8-19(14(21)12(10)9-18)11-4-5-13(17-6-11)20(23)24/h4-6,10,12H,7-9H2,1-3H3. The molecular weight excluding hydrogens is 328 g/mol. The van der Waals surface area contributed by atoms with Crippen molar-refractivity contribution < 1.29 is 19.2 Å². The molecule has 2 saturated heterocycles. The molecule has 0 aromatic carbocycles. The zero-order valence-electron chi connectivity index (χ0n) is 14.3. The van der Waals surface area contributed by atoms with E-state index in [1.54, 1.807) is 30.6 Å². The summed E-state index contributed by atoms with van der Waals surface area (Å²) in [5.41, 5.74) is -0.0382. The van der Waals surface area contributed by atoms with Crippen molar-refractivity contribution in [2.24, 2.45) is 11.8 Å². The molecule has 2 amide bonds. The van der Waals surface area contributed by atoms with E-state index in [2.05, 4.69) is 4.98 Å². The lowest BCUT2D eigenvalue weighted by Crippen LogP contribution is -2.38. The molecule has 0 bridgehead atoms. The molecule has 134 valence electrons. The molecular formula is C16H20N4O5. The molecule has 2 unspecified atom stereocenters. The van der Waals surface area contributed by atoms with Gasteiger partial charge in [-0.15, -0.1) is 0 Å². The van der Waals surface area contributed by atoms with Gasteiger partial charge in [-0.25, -0.2) is 4.79 Å². The monoisotopic (exact) mass is 348 g/mol. The SMILES string of the molecule is CC(C)(C)OC(=O)N1CC2CN(c3ccc([N+](=O)[O-])nc3)C(=O)C2C1. The molecule has 2 atom stereocenters. The number of amides is 2. The van der Waals surface area contributed by atoms with Gasteiger partial charge in [0.1, 0.15) is 5.60 Å². The van der Waals surface area contributed by atoms with E-state index in [4.69, 9.17) is 4.74 Å². The highest BCUT2D eigenvalue weighted by Gasteiger charge is 2.48. The molecule has 0 aliphatic carbocycles. The summed E-state index contributed by atoms with van der Waals surface area (Å²) in [4.78, 5) is 41.8. The lowest BCUT2D eigenvalue weighted by Gasteiger charge is -2.25. The first-order chi connectivity index (χ1) is 11.7. The Bertz CT molecular complexity index is 712. The minimum atomic E-state index is -0.580. The van der Waals surface area contributed by atoms with E-state index in [0.717, 1.165) is 0 Å². The Kier molecular flexibility index (Phi) is 4.09. The second-order valence-electron chi connectivity index (χ2n) is 7.33. The summed E-state index contributed by atoms with van der Waals surface area (Å²) in [6, 6.07) is 2.80. The summed E-state index contributed by atoms with van der Waals surface area (Å²) in [7, 11) is 0. The first kappa shape index (κ1) is 17.1. The number of fused-ring (bicyclic) bond motifs is 1. The smallest absolute Gasteiger partial charge is 0.410 e. The van der Waals surface area contributed by atoms with Crippen LogP contribution in [0.15, 0.2) is 18.3 Å². The van der Waals surface area contributed by atoms with Crippen molar-refractivity contribution in [2.75, 3.05) is 24.5 Å². The predicted octanol–water partition coefficient (Wildman–Crippen LogP) is 1.82. The van der Waals surface area contributed by atoms with Crippen LogP contribution in [0, 0.1) is 22.0 Å². The third-order valence-corrected chi connectivity index (χ3v) is 4.32. The van der Waals surface area contributed by atoms with Crippen LogP contribution in [-0.4, -0.2) is 52.0 Å². The second kappa shape index (κ2) is 5.98. The van der Waals surface area contributed by atoms with Gasteiger partial charge in [0.25, 0.3) is 0 Å². The van der Waals surface area contributed by atoms with Crippen LogP contribution < -0.4 is 4.90 Å². The number of rotatable bonds is 2. The summed E-state index contributed by atoms with van der Waals surface area (Å²) in [6.45, 7) is 6.66. The first-order valence-electron chi connectivity index (χ1n) is 8.05. The number of pyridine rings is 1. The molecule has 3 heterocycles. The Hall–Kier alpha value is -2.71. The molecule has 0 radical (unpaired) electrons. The van der Waals surface area contributed by atoms with Crippen LogP contribution in [0.2, 0.25) is 0 Å². The lowest BCUT2D eigenvalue weighted by molar-refractivity contribution is -0.389. The van der Waals surface area contributed by atoms with Gasteiger partial charge in [-0.1, -0.05) is 0 Å². The average Bonchev–Trinajstić information content (AvgIpc) is 3.06. The Balaban J connectivity index is 1.67. The molecule has 1 aromatic heterocycles. The van der Waals surface area contributed by atoms with E-state index in [9.17, 15) is 19.7 Å². The van der Waals surface area contributed by atoms with Crippen molar-refractivity contribution >= 4 is 23.5 Å². The Morgan fingerprint density at radius 1 is 1.32 bits per heavy atom. The number of carbonyl (C=O) groups is 2. The molecule has 2 aliphatic heterocycles. The average molecular weight is 348 g/mol. The number of nitrogens with zero attached hydrogens (tertiary/aromatic N) is 4. The lowest BCUT2D eigenvalue weighted by atomic mass is 10.0. The van der Waals surface area contributed by atoms with Gasteiger partial charge in [0.05, 0.1) is 11.6 Å². The van der Waals surface area contributed by atoms with E-state index >= 15 is 0 Å². The number of anilines is 1. The second-order valence-corrected chi connectivity index (χ2v) is 7.33. The maximum absolute atomic E-state index is 12.6. The summed E-state index contributed by atoms with van der Waals surface area (Å²) >= 11 is 0. The van der Waals surface area contributed by atoms with Crippen molar-refractivity contribution in [2.45, 2.75) is 26.4 Å². The van der Waals surface area contributed by atoms with E-state index in [0.29, 0.717) is 25.3 Å². The van der Waals surface area contributed by atoms with Crippen LogP contribution in [0.1, 0.15) is 20.8 Å². The highest BCUT2D eigenvalue weighted by molar-refractivity contribution is 5.98. The fraction of sp³-hybridized carbons (Fsp3) is 0.562. The third-order valence-electron chi connectivity index (χ3n) is 4.32. The van der Waals surface area contributed by atoms with Crippen LogP contribution >= 0.6 is 0 Å². The molecule has 9 nitrogen and oxygen atoms in total. The minimum absolute atomic E-state index is 0.0233. The fourth-order valence-corrected chi connectivity index (χ4v) is 3.21. The van der Waals surface area contributed by atoms with Gasteiger partial charge in [0, 0.05) is 31.6 Å². The van der Waals surface area contributed by atoms with Crippen molar-refractivity contribution in [1.82, 2.24) is 9.88 Å². The zero-order valence-corrected chi connectivity index (χ0v) is 14.3. The van der Waals surface area contributed by atoms with Gasteiger partial charge in [0.15, 0.2) is 6.20 Å². The van der Waals surface area contributed by atoms with Crippen molar-refractivity contribution in [3.8, 4) is 0 Å². The van der Waals surface area contributed by atoms with Gasteiger partial charge in [0.2, 0.25) is 5.91 Å².